The van der Waals surface area contributed by atoms with Gasteiger partial charge in [0, 0.05) is 23.1 Å². The Labute approximate surface area is 123 Å². The highest BCUT2D eigenvalue weighted by molar-refractivity contribution is 6.31. The molecule has 0 saturated carbocycles. The normalized spacial score (nSPS) is 11.8. The van der Waals surface area contributed by atoms with Gasteiger partial charge in [0.25, 0.3) is 0 Å². The molecule has 1 heterocycles. The van der Waals surface area contributed by atoms with Crippen LogP contribution in [0.4, 0.5) is 10.5 Å². The van der Waals surface area contributed by atoms with Crippen molar-refractivity contribution >= 4 is 23.3 Å². The Balaban J connectivity index is 2.01. The van der Waals surface area contributed by atoms with Crippen molar-refractivity contribution in [3.8, 4) is 0 Å². The highest BCUT2D eigenvalue weighted by Crippen LogP contribution is 2.20. The molecule has 2 rings (SSSR count). The topological polar surface area (TPSA) is 54.0 Å². The fraction of sp³-hybridized carbons (Fsp3) is 0.200. The summed E-state index contributed by atoms with van der Waals surface area (Å²) in [6.45, 7) is 3.82. The summed E-state index contributed by atoms with van der Waals surface area (Å²) in [6, 6.07) is 8.75. The summed E-state index contributed by atoms with van der Waals surface area (Å²) in [5.41, 5.74) is 2.61. The van der Waals surface area contributed by atoms with Gasteiger partial charge in [-0.15, -0.1) is 0 Å². The van der Waals surface area contributed by atoms with E-state index in [1.807, 2.05) is 32.0 Å². The van der Waals surface area contributed by atoms with Crippen LogP contribution in [0.3, 0.4) is 0 Å². The molecule has 20 heavy (non-hydrogen) atoms. The fourth-order valence-electron chi connectivity index (χ4n) is 1.80. The molecule has 2 aromatic rings. The standard InChI is InChI=1S/C15H16ClN3O/c1-10-5-6-13(16)8-14(10)19-15(20)18-11(2)12-4-3-7-17-9-12/h3-9,11H,1-2H3,(H2,18,19,20)/t11-/m1/s1. The highest BCUT2D eigenvalue weighted by Gasteiger charge is 2.10. The van der Waals surface area contributed by atoms with Crippen molar-refractivity contribution in [1.82, 2.24) is 10.3 Å². The van der Waals surface area contributed by atoms with Crippen LogP contribution in [0, 0.1) is 6.92 Å². The van der Waals surface area contributed by atoms with E-state index >= 15 is 0 Å². The molecule has 1 aromatic heterocycles. The van der Waals surface area contributed by atoms with Crippen LogP contribution in [0.15, 0.2) is 42.7 Å². The van der Waals surface area contributed by atoms with Gasteiger partial charge in [0.2, 0.25) is 0 Å². The van der Waals surface area contributed by atoms with Crippen LogP contribution in [0.5, 0.6) is 0 Å². The third-order valence-electron chi connectivity index (χ3n) is 2.98. The molecule has 2 N–H and O–H groups in total. The van der Waals surface area contributed by atoms with E-state index in [2.05, 4.69) is 15.6 Å². The Hall–Kier alpha value is -2.07. The van der Waals surface area contributed by atoms with Crippen molar-refractivity contribution in [3.63, 3.8) is 0 Å². The van der Waals surface area contributed by atoms with Crippen LogP contribution in [0.25, 0.3) is 0 Å². The number of urea groups is 1. The number of nitrogens with zero attached hydrogens (tertiary/aromatic N) is 1. The molecule has 1 atom stereocenters. The molecule has 4 nitrogen and oxygen atoms in total. The average molecular weight is 290 g/mol. The van der Waals surface area contributed by atoms with Crippen molar-refractivity contribution < 1.29 is 4.79 Å². The first kappa shape index (κ1) is 14.3. The molecule has 0 aliphatic carbocycles. The van der Waals surface area contributed by atoms with E-state index in [1.54, 1.807) is 24.5 Å². The van der Waals surface area contributed by atoms with Gasteiger partial charge in [-0.05, 0) is 43.2 Å². The molecule has 0 spiro atoms. The number of carbonyl (C=O) groups excluding carboxylic acids is 1. The lowest BCUT2D eigenvalue weighted by molar-refractivity contribution is 0.249. The van der Waals surface area contributed by atoms with Crippen molar-refractivity contribution in [2.45, 2.75) is 19.9 Å². The molecule has 2 amide bonds. The third-order valence-corrected chi connectivity index (χ3v) is 3.21. The van der Waals surface area contributed by atoms with Crippen molar-refractivity contribution in [1.29, 1.82) is 0 Å². The van der Waals surface area contributed by atoms with Crippen LogP contribution >= 0.6 is 11.6 Å². The molecule has 0 unspecified atom stereocenters. The van der Waals surface area contributed by atoms with Gasteiger partial charge in [-0.1, -0.05) is 23.7 Å². The summed E-state index contributed by atoms with van der Waals surface area (Å²) in [5, 5.41) is 6.24. The molecule has 0 fully saturated rings. The van der Waals surface area contributed by atoms with Crippen molar-refractivity contribution in [3.05, 3.63) is 58.9 Å². The predicted octanol–water partition coefficient (Wildman–Crippen LogP) is 3.93. The van der Waals surface area contributed by atoms with Crippen LogP contribution in [0.2, 0.25) is 5.02 Å². The first-order valence-electron chi connectivity index (χ1n) is 6.30. The number of aryl methyl sites for hydroxylation is 1. The smallest absolute Gasteiger partial charge is 0.319 e. The van der Waals surface area contributed by atoms with Crippen molar-refractivity contribution in [2.24, 2.45) is 0 Å². The van der Waals surface area contributed by atoms with E-state index < -0.39 is 0 Å². The zero-order valence-corrected chi connectivity index (χ0v) is 12.1. The lowest BCUT2D eigenvalue weighted by Crippen LogP contribution is -2.31. The Morgan fingerprint density at radius 3 is 2.85 bits per heavy atom. The lowest BCUT2D eigenvalue weighted by Gasteiger charge is -2.15. The van der Waals surface area contributed by atoms with E-state index in [1.165, 1.54) is 0 Å². The fourth-order valence-corrected chi connectivity index (χ4v) is 1.97. The number of benzene rings is 1. The largest absolute Gasteiger partial charge is 0.331 e. The Morgan fingerprint density at radius 1 is 1.35 bits per heavy atom. The second-order valence-electron chi connectivity index (χ2n) is 4.57. The summed E-state index contributed by atoms with van der Waals surface area (Å²) in [6.07, 6.45) is 3.43. The van der Waals surface area contributed by atoms with Gasteiger partial charge in [0.15, 0.2) is 0 Å². The highest BCUT2D eigenvalue weighted by atomic mass is 35.5. The second kappa shape index (κ2) is 6.39. The van der Waals surface area contributed by atoms with Gasteiger partial charge in [0.05, 0.1) is 6.04 Å². The number of nitrogens with one attached hydrogen (secondary N) is 2. The number of hydrogen-bond donors (Lipinski definition) is 2. The van der Waals surface area contributed by atoms with E-state index in [9.17, 15) is 4.79 Å². The van der Waals surface area contributed by atoms with Gasteiger partial charge in [0.1, 0.15) is 0 Å². The number of pyridine rings is 1. The molecular formula is C15H16ClN3O. The Morgan fingerprint density at radius 2 is 2.15 bits per heavy atom. The van der Waals surface area contributed by atoms with Crippen LogP contribution in [-0.2, 0) is 0 Å². The maximum absolute atomic E-state index is 12.0. The quantitative estimate of drug-likeness (QED) is 0.899. The van der Waals surface area contributed by atoms with Crippen LogP contribution < -0.4 is 10.6 Å². The maximum atomic E-state index is 12.0. The van der Waals surface area contributed by atoms with E-state index in [0.717, 1.165) is 11.1 Å². The molecular weight excluding hydrogens is 274 g/mol. The molecule has 0 radical (unpaired) electrons. The van der Waals surface area contributed by atoms with Crippen LogP contribution in [-0.4, -0.2) is 11.0 Å². The zero-order chi connectivity index (χ0) is 14.5. The summed E-state index contributed by atoms with van der Waals surface area (Å²) in [7, 11) is 0. The summed E-state index contributed by atoms with van der Waals surface area (Å²) in [4.78, 5) is 16.0. The first-order valence-corrected chi connectivity index (χ1v) is 6.67. The van der Waals surface area contributed by atoms with Gasteiger partial charge in [-0.25, -0.2) is 4.79 Å². The Kier molecular flexibility index (Phi) is 4.58. The first-order chi connectivity index (χ1) is 9.56. The Bertz CT molecular complexity index is 601. The number of carbonyl (C=O) groups is 1. The monoisotopic (exact) mass is 289 g/mol. The van der Waals surface area contributed by atoms with E-state index in [0.29, 0.717) is 10.7 Å². The number of rotatable bonds is 3. The average Bonchev–Trinajstić information content (AvgIpc) is 2.43. The number of halogens is 1. The number of hydrogen-bond acceptors (Lipinski definition) is 2. The van der Waals surface area contributed by atoms with Crippen LogP contribution in [0.1, 0.15) is 24.1 Å². The molecule has 0 bridgehead atoms. The van der Waals surface area contributed by atoms with Gasteiger partial charge in [-0.3, -0.25) is 4.98 Å². The second-order valence-corrected chi connectivity index (χ2v) is 5.00. The van der Waals surface area contributed by atoms with Gasteiger partial charge >= 0.3 is 6.03 Å². The van der Waals surface area contributed by atoms with E-state index in [-0.39, 0.29) is 12.1 Å². The maximum Gasteiger partial charge on any atom is 0.319 e. The predicted molar refractivity (Wildman–Crippen MR) is 81.0 cm³/mol. The minimum Gasteiger partial charge on any atom is -0.331 e. The van der Waals surface area contributed by atoms with E-state index in [4.69, 9.17) is 11.6 Å². The SMILES string of the molecule is Cc1ccc(Cl)cc1NC(=O)N[C@H](C)c1cccnc1. The minimum atomic E-state index is -0.272. The molecule has 0 aliphatic rings. The summed E-state index contributed by atoms with van der Waals surface area (Å²) >= 11 is 5.92. The number of anilines is 1. The summed E-state index contributed by atoms with van der Waals surface area (Å²) < 4.78 is 0. The molecule has 5 heteroatoms. The molecule has 0 saturated heterocycles. The minimum absolute atomic E-state index is 0.122. The van der Waals surface area contributed by atoms with Crippen molar-refractivity contribution in [2.75, 3.05) is 5.32 Å². The lowest BCUT2D eigenvalue weighted by atomic mass is 10.1. The molecule has 0 aliphatic heterocycles. The zero-order valence-electron chi connectivity index (χ0n) is 11.4. The molecule has 1 aromatic carbocycles. The number of aromatic nitrogens is 1. The number of amides is 2. The summed E-state index contributed by atoms with van der Waals surface area (Å²) in [5.74, 6) is 0. The third kappa shape index (κ3) is 3.71. The van der Waals surface area contributed by atoms with Gasteiger partial charge in [-0.2, -0.15) is 0 Å². The van der Waals surface area contributed by atoms with Gasteiger partial charge < -0.3 is 10.6 Å². The molecule has 104 valence electrons.